The summed E-state index contributed by atoms with van der Waals surface area (Å²) in [7, 11) is 0. The lowest BCUT2D eigenvalue weighted by molar-refractivity contribution is -0.124. The first-order valence-corrected chi connectivity index (χ1v) is 7.96. The number of hydrogen-bond acceptors (Lipinski definition) is 2. The Labute approximate surface area is 139 Å². The molecule has 1 heterocycles. The maximum absolute atomic E-state index is 13.5. The van der Waals surface area contributed by atoms with Gasteiger partial charge in [0.1, 0.15) is 5.82 Å². The van der Waals surface area contributed by atoms with Gasteiger partial charge < -0.3 is 16.0 Å². The Morgan fingerprint density at radius 2 is 2.08 bits per heavy atom. The Kier molecular flexibility index (Phi) is 4.38. The fraction of sp³-hybridized carbons (Fsp3) is 0.333. The lowest BCUT2D eigenvalue weighted by Gasteiger charge is -2.27. The molecule has 1 aliphatic rings. The number of benzene rings is 1. The molecule has 6 heteroatoms. The molecule has 0 saturated carbocycles. The molecule has 0 bridgehead atoms. The van der Waals surface area contributed by atoms with Crippen LogP contribution in [0.25, 0.3) is 10.9 Å². The number of primary amides is 1. The maximum Gasteiger partial charge on any atom is 0.224 e. The zero-order chi connectivity index (χ0) is 17.3. The van der Waals surface area contributed by atoms with Gasteiger partial charge in [0, 0.05) is 22.6 Å². The Balaban J connectivity index is 1.78. The fourth-order valence-corrected chi connectivity index (χ4v) is 3.29. The maximum atomic E-state index is 13.5. The van der Waals surface area contributed by atoms with Gasteiger partial charge in [-0.15, -0.1) is 0 Å². The summed E-state index contributed by atoms with van der Waals surface area (Å²) in [5.74, 6) is -1.33. The van der Waals surface area contributed by atoms with Gasteiger partial charge in [-0.2, -0.15) is 0 Å². The first-order valence-electron chi connectivity index (χ1n) is 7.96. The zero-order valence-corrected chi connectivity index (χ0v) is 13.4. The third-order valence-electron chi connectivity index (χ3n) is 4.56. The zero-order valence-electron chi connectivity index (χ0n) is 13.4. The van der Waals surface area contributed by atoms with E-state index >= 15 is 0 Å². The van der Waals surface area contributed by atoms with Gasteiger partial charge in [0.05, 0.1) is 12.3 Å². The number of amides is 2. The molecule has 2 amide bonds. The summed E-state index contributed by atoms with van der Waals surface area (Å²) in [5, 5.41) is 3.60. The summed E-state index contributed by atoms with van der Waals surface area (Å²) in [6.07, 6.45) is 5.10. The van der Waals surface area contributed by atoms with Gasteiger partial charge in [-0.3, -0.25) is 9.59 Å². The van der Waals surface area contributed by atoms with E-state index < -0.39 is 5.91 Å². The van der Waals surface area contributed by atoms with Crippen molar-refractivity contribution in [2.24, 2.45) is 11.7 Å². The number of carbonyl (C=O) groups excluding carboxylic acids is 2. The molecule has 24 heavy (non-hydrogen) atoms. The van der Waals surface area contributed by atoms with Crippen LogP contribution in [-0.2, 0) is 16.0 Å². The number of aromatic amines is 1. The standard InChI is InChI=1S/C18H20FN3O2/c1-10-13(14-8-11(19)6-7-16(14)21-10)9-17(23)22-15-5-3-2-4-12(15)18(20)24/h2-3,6-8,12,15,21H,4-5,9H2,1H3,(H2,20,24)(H,22,23)/t12-,15-/m1/s1. The van der Waals surface area contributed by atoms with Crippen molar-refractivity contribution < 1.29 is 14.0 Å². The average molecular weight is 329 g/mol. The number of nitrogens with one attached hydrogen (secondary N) is 2. The van der Waals surface area contributed by atoms with E-state index in [4.69, 9.17) is 5.73 Å². The van der Waals surface area contributed by atoms with Crippen LogP contribution in [-0.4, -0.2) is 22.8 Å². The van der Waals surface area contributed by atoms with Crippen LogP contribution in [0.5, 0.6) is 0 Å². The normalized spacial score (nSPS) is 20.2. The quantitative estimate of drug-likeness (QED) is 0.750. The number of allylic oxidation sites excluding steroid dienone is 1. The molecule has 5 nitrogen and oxygen atoms in total. The van der Waals surface area contributed by atoms with Crippen LogP contribution in [0.3, 0.4) is 0 Å². The van der Waals surface area contributed by atoms with Crippen molar-refractivity contribution in [3.05, 3.63) is 47.4 Å². The van der Waals surface area contributed by atoms with Crippen LogP contribution in [0.4, 0.5) is 4.39 Å². The minimum atomic E-state index is -0.407. The van der Waals surface area contributed by atoms with Crippen LogP contribution < -0.4 is 11.1 Å². The van der Waals surface area contributed by atoms with Gasteiger partial charge in [-0.25, -0.2) is 4.39 Å². The Hall–Kier alpha value is -2.63. The smallest absolute Gasteiger partial charge is 0.224 e. The molecule has 1 aliphatic carbocycles. The molecule has 1 aromatic carbocycles. The first kappa shape index (κ1) is 16.2. The minimum absolute atomic E-state index is 0.126. The van der Waals surface area contributed by atoms with Gasteiger partial charge in [0.25, 0.3) is 0 Å². The highest BCUT2D eigenvalue weighted by atomic mass is 19.1. The monoisotopic (exact) mass is 329 g/mol. The predicted molar refractivity (Wildman–Crippen MR) is 89.7 cm³/mol. The molecule has 0 saturated heterocycles. The third kappa shape index (κ3) is 3.18. The summed E-state index contributed by atoms with van der Waals surface area (Å²) in [4.78, 5) is 27.1. The number of fused-ring (bicyclic) bond motifs is 1. The van der Waals surface area contributed by atoms with E-state index in [1.54, 1.807) is 6.07 Å². The van der Waals surface area contributed by atoms with Crippen LogP contribution >= 0.6 is 0 Å². The summed E-state index contributed by atoms with van der Waals surface area (Å²) >= 11 is 0. The highest BCUT2D eigenvalue weighted by molar-refractivity contribution is 5.90. The molecule has 2 aromatic rings. The van der Waals surface area contributed by atoms with Crippen LogP contribution in [0, 0.1) is 18.7 Å². The van der Waals surface area contributed by atoms with E-state index in [0.29, 0.717) is 18.2 Å². The molecule has 4 N–H and O–H groups in total. The number of nitrogens with two attached hydrogens (primary N) is 1. The molecule has 0 aliphatic heterocycles. The molecule has 0 radical (unpaired) electrons. The molecular formula is C18H20FN3O2. The summed E-state index contributed by atoms with van der Waals surface area (Å²) in [6, 6.07) is 4.18. The number of rotatable bonds is 4. The predicted octanol–water partition coefficient (Wildman–Crippen LogP) is 2.09. The SMILES string of the molecule is Cc1[nH]c2ccc(F)cc2c1CC(=O)N[C@@H]1CC=CC[C@H]1C(N)=O. The van der Waals surface area contributed by atoms with Gasteiger partial charge in [-0.05, 0) is 43.5 Å². The fourth-order valence-electron chi connectivity index (χ4n) is 3.29. The lowest BCUT2D eigenvalue weighted by atomic mass is 9.88. The van der Waals surface area contributed by atoms with Gasteiger partial charge in [0.2, 0.25) is 11.8 Å². The van der Waals surface area contributed by atoms with E-state index in [9.17, 15) is 14.0 Å². The van der Waals surface area contributed by atoms with E-state index in [0.717, 1.165) is 16.8 Å². The third-order valence-corrected chi connectivity index (χ3v) is 4.56. The number of halogens is 1. The second-order valence-electron chi connectivity index (χ2n) is 6.22. The molecule has 2 atom stereocenters. The van der Waals surface area contributed by atoms with Crippen molar-refractivity contribution in [2.75, 3.05) is 0 Å². The highest BCUT2D eigenvalue weighted by Gasteiger charge is 2.28. The Bertz CT molecular complexity index is 825. The van der Waals surface area contributed by atoms with Crippen molar-refractivity contribution in [3.8, 4) is 0 Å². The largest absolute Gasteiger partial charge is 0.369 e. The molecule has 126 valence electrons. The second kappa shape index (κ2) is 6.47. The van der Waals surface area contributed by atoms with E-state index in [2.05, 4.69) is 10.3 Å². The van der Waals surface area contributed by atoms with Crippen LogP contribution in [0.1, 0.15) is 24.1 Å². The summed E-state index contributed by atoms with van der Waals surface area (Å²) in [5.41, 5.74) is 7.81. The van der Waals surface area contributed by atoms with Gasteiger partial charge in [0.15, 0.2) is 0 Å². The lowest BCUT2D eigenvalue weighted by Crippen LogP contribution is -2.46. The number of H-pyrrole nitrogens is 1. The topological polar surface area (TPSA) is 88.0 Å². The van der Waals surface area contributed by atoms with Crippen molar-refractivity contribution >= 4 is 22.7 Å². The van der Waals surface area contributed by atoms with E-state index in [1.165, 1.54) is 12.1 Å². The van der Waals surface area contributed by atoms with Crippen molar-refractivity contribution in [1.82, 2.24) is 10.3 Å². The van der Waals surface area contributed by atoms with Crippen molar-refractivity contribution in [3.63, 3.8) is 0 Å². The van der Waals surface area contributed by atoms with Gasteiger partial charge in [-0.1, -0.05) is 12.2 Å². The number of hydrogen-bond donors (Lipinski definition) is 3. The average Bonchev–Trinajstić information content (AvgIpc) is 2.83. The minimum Gasteiger partial charge on any atom is -0.369 e. The van der Waals surface area contributed by atoms with Crippen LogP contribution in [0.2, 0.25) is 0 Å². The van der Waals surface area contributed by atoms with Crippen molar-refractivity contribution in [1.29, 1.82) is 0 Å². The summed E-state index contributed by atoms with van der Waals surface area (Å²) in [6.45, 7) is 1.86. The van der Waals surface area contributed by atoms with Gasteiger partial charge >= 0.3 is 0 Å². The Morgan fingerprint density at radius 1 is 1.33 bits per heavy atom. The first-order chi connectivity index (χ1) is 11.5. The van der Waals surface area contributed by atoms with Crippen molar-refractivity contribution in [2.45, 2.75) is 32.2 Å². The van der Waals surface area contributed by atoms with E-state index in [-0.39, 0.29) is 30.1 Å². The molecule has 3 rings (SSSR count). The highest BCUT2D eigenvalue weighted by Crippen LogP contribution is 2.24. The molecular weight excluding hydrogens is 309 g/mol. The number of carbonyl (C=O) groups is 2. The summed E-state index contributed by atoms with van der Waals surface area (Å²) < 4.78 is 13.5. The number of aryl methyl sites for hydroxylation is 1. The second-order valence-corrected chi connectivity index (χ2v) is 6.22. The van der Waals surface area contributed by atoms with E-state index in [1.807, 2.05) is 19.1 Å². The number of aromatic nitrogens is 1. The molecule has 0 fully saturated rings. The molecule has 0 spiro atoms. The Morgan fingerprint density at radius 3 is 2.83 bits per heavy atom. The molecule has 1 aromatic heterocycles. The molecule has 0 unspecified atom stereocenters. The van der Waals surface area contributed by atoms with Crippen LogP contribution in [0.15, 0.2) is 30.4 Å².